The molecular formula is C11H13O4S-. The van der Waals surface area contributed by atoms with Crippen molar-refractivity contribution in [3.63, 3.8) is 0 Å². The first-order valence-electron chi connectivity index (χ1n) is 4.78. The summed E-state index contributed by atoms with van der Waals surface area (Å²) in [7, 11) is 0. The first kappa shape index (κ1) is 13.0. The van der Waals surface area contributed by atoms with Gasteiger partial charge in [0.25, 0.3) is 0 Å². The molecular weight excluding hydrogens is 228 g/mol. The van der Waals surface area contributed by atoms with E-state index in [1.165, 1.54) is 13.8 Å². The maximum Gasteiger partial charge on any atom is 0.163 e. The molecule has 1 aromatic rings. The molecule has 0 aromatic heterocycles. The summed E-state index contributed by atoms with van der Waals surface area (Å²) in [6.07, 6.45) is 0.233. The average molecular weight is 241 g/mol. The second-order valence-electron chi connectivity index (χ2n) is 3.74. The number of benzene rings is 1. The predicted octanol–water partition coefficient (Wildman–Crippen LogP) is 1.39. The Morgan fingerprint density at radius 2 is 2.00 bits per heavy atom. The summed E-state index contributed by atoms with van der Waals surface area (Å²) in [5.74, 6) is -0.319. The summed E-state index contributed by atoms with van der Waals surface area (Å²) in [5, 5.41) is 0. The van der Waals surface area contributed by atoms with Gasteiger partial charge >= 0.3 is 0 Å². The Balaban J connectivity index is 2.87. The SMILES string of the molecule is CC(=O)C(C)(Cc1ccccc1)OS(=O)[O-]. The van der Waals surface area contributed by atoms with Crippen LogP contribution in [0.25, 0.3) is 0 Å². The minimum Gasteiger partial charge on any atom is -0.750 e. The molecule has 5 heteroatoms. The lowest BCUT2D eigenvalue weighted by atomic mass is 9.93. The van der Waals surface area contributed by atoms with Crippen LogP contribution < -0.4 is 0 Å². The van der Waals surface area contributed by atoms with Gasteiger partial charge in [-0.15, -0.1) is 0 Å². The molecule has 0 radical (unpaired) electrons. The largest absolute Gasteiger partial charge is 0.750 e. The topological polar surface area (TPSA) is 66.4 Å². The summed E-state index contributed by atoms with van der Waals surface area (Å²) < 4.78 is 25.7. The zero-order chi connectivity index (χ0) is 12.2. The van der Waals surface area contributed by atoms with Crippen LogP contribution in [0.2, 0.25) is 0 Å². The van der Waals surface area contributed by atoms with Crippen LogP contribution in [-0.2, 0) is 26.8 Å². The van der Waals surface area contributed by atoms with Gasteiger partial charge in [-0.1, -0.05) is 30.3 Å². The van der Waals surface area contributed by atoms with Crippen molar-refractivity contribution >= 4 is 17.1 Å². The highest BCUT2D eigenvalue weighted by molar-refractivity contribution is 7.74. The van der Waals surface area contributed by atoms with E-state index >= 15 is 0 Å². The Hall–Kier alpha value is -1.04. The van der Waals surface area contributed by atoms with Crippen LogP contribution in [0.3, 0.4) is 0 Å². The van der Waals surface area contributed by atoms with Gasteiger partial charge in [-0.25, -0.2) is 4.21 Å². The molecule has 0 saturated carbocycles. The van der Waals surface area contributed by atoms with Gasteiger partial charge in [0.1, 0.15) is 5.60 Å². The van der Waals surface area contributed by atoms with E-state index in [-0.39, 0.29) is 12.2 Å². The van der Waals surface area contributed by atoms with Gasteiger partial charge in [0, 0.05) is 6.42 Å². The Labute approximate surface area is 97.1 Å². The Kier molecular flexibility index (Phi) is 4.35. The van der Waals surface area contributed by atoms with Crippen LogP contribution in [0.4, 0.5) is 0 Å². The molecule has 0 N–H and O–H groups in total. The van der Waals surface area contributed by atoms with Crippen molar-refractivity contribution in [3.05, 3.63) is 35.9 Å². The summed E-state index contributed by atoms with van der Waals surface area (Å²) >= 11 is -2.70. The van der Waals surface area contributed by atoms with Gasteiger partial charge < -0.3 is 4.55 Å². The maximum absolute atomic E-state index is 11.4. The van der Waals surface area contributed by atoms with Crippen molar-refractivity contribution in [2.75, 3.05) is 0 Å². The molecule has 0 spiro atoms. The Morgan fingerprint density at radius 3 is 2.44 bits per heavy atom. The normalized spacial score (nSPS) is 16.4. The number of hydrogen-bond donors (Lipinski definition) is 0. The molecule has 2 atom stereocenters. The van der Waals surface area contributed by atoms with Crippen molar-refractivity contribution in [1.82, 2.24) is 0 Å². The standard InChI is InChI=1S/C11H14O4S/c1-9(12)11(2,15-16(13)14)8-10-6-4-3-5-7-10/h3-7H,8H2,1-2H3,(H,13,14)/p-1. The lowest BCUT2D eigenvalue weighted by molar-refractivity contribution is -0.130. The third-order valence-electron chi connectivity index (χ3n) is 2.38. The third-order valence-corrected chi connectivity index (χ3v) is 2.88. The van der Waals surface area contributed by atoms with E-state index < -0.39 is 17.0 Å². The quantitative estimate of drug-likeness (QED) is 0.730. The molecule has 4 nitrogen and oxygen atoms in total. The number of Topliss-reactive ketones (excluding diaryl/α,β-unsaturated/α-hetero) is 1. The van der Waals surface area contributed by atoms with Crippen LogP contribution in [0.15, 0.2) is 30.3 Å². The predicted molar refractivity (Wildman–Crippen MR) is 59.2 cm³/mol. The average Bonchev–Trinajstić information content (AvgIpc) is 2.17. The van der Waals surface area contributed by atoms with E-state index in [2.05, 4.69) is 4.18 Å². The molecule has 0 heterocycles. The molecule has 16 heavy (non-hydrogen) atoms. The molecule has 0 saturated heterocycles. The highest BCUT2D eigenvalue weighted by atomic mass is 32.2. The van der Waals surface area contributed by atoms with E-state index in [0.717, 1.165) is 5.56 Å². The van der Waals surface area contributed by atoms with Crippen molar-refractivity contribution < 1.29 is 17.7 Å². The summed E-state index contributed by atoms with van der Waals surface area (Å²) in [5.41, 5.74) is -0.473. The van der Waals surface area contributed by atoms with E-state index in [0.29, 0.717) is 0 Å². The second kappa shape index (κ2) is 5.34. The van der Waals surface area contributed by atoms with E-state index in [9.17, 15) is 13.6 Å². The smallest absolute Gasteiger partial charge is 0.163 e. The third kappa shape index (κ3) is 3.52. The van der Waals surface area contributed by atoms with Gasteiger partial charge in [0.2, 0.25) is 0 Å². The molecule has 0 amide bonds. The van der Waals surface area contributed by atoms with Crippen molar-refractivity contribution in [2.24, 2.45) is 0 Å². The molecule has 0 aliphatic carbocycles. The fraction of sp³-hybridized carbons (Fsp3) is 0.364. The van der Waals surface area contributed by atoms with E-state index in [1.54, 1.807) is 0 Å². The van der Waals surface area contributed by atoms with Crippen molar-refractivity contribution in [2.45, 2.75) is 25.9 Å². The minimum absolute atomic E-state index is 0.233. The molecule has 88 valence electrons. The molecule has 2 unspecified atom stereocenters. The van der Waals surface area contributed by atoms with Crippen LogP contribution in [-0.4, -0.2) is 20.1 Å². The fourth-order valence-corrected chi connectivity index (χ4v) is 1.82. The second-order valence-corrected chi connectivity index (χ2v) is 4.31. The van der Waals surface area contributed by atoms with E-state index in [1.807, 2.05) is 30.3 Å². The highest BCUT2D eigenvalue weighted by Crippen LogP contribution is 2.19. The van der Waals surface area contributed by atoms with Crippen LogP contribution in [0.5, 0.6) is 0 Å². The molecule has 0 bridgehead atoms. The zero-order valence-electron chi connectivity index (χ0n) is 9.14. The van der Waals surface area contributed by atoms with Crippen molar-refractivity contribution in [3.8, 4) is 0 Å². The molecule has 0 aliphatic rings. The Morgan fingerprint density at radius 1 is 1.44 bits per heavy atom. The summed E-state index contributed by atoms with van der Waals surface area (Å²) in [6.45, 7) is 2.79. The van der Waals surface area contributed by atoms with Gasteiger partial charge in [-0.3, -0.25) is 8.98 Å². The number of carbonyl (C=O) groups is 1. The monoisotopic (exact) mass is 241 g/mol. The Bertz CT molecular complexity index is 390. The van der Waals surface area contributed by atoms with Crippen LogP contribution in [0.1, 0.15) is 19.4 Å². The van der Waals surface area contributed by atoms with Crippen LogP contribution >= 0.6 is 0 Å². The van der Waals surface area contributed by atoms with Crippen LogP contribution in [0, 0.1) is 0 Å². The molecule has 0 fully saturated rings. The number of rotatable bonds is 5. The zero-order valence-corrected chi connectivity index (χ0v) is 9.95. The van der Waals surface area contributed by atoms with Gasteiger partial charge in [0.15, 0.2) is 5.78 Å². The summed E-state index contributed by atoms with van der Waals surface area (Å²) in [4.78, 5) is 11.4. The minimum atomic E-state index is -2.70. The number of hydrogen-bond acceptors (Lipinski definition) is 4. The number of ketones is 1. The molecule has 0 aliphatic heterocycles. The van der Waals surface area contributed by atoms with Gasteiger partial charge in [0.05, 0.1) is 11.4 Å². The lowest BCUT2D eigenvalue weighted by Gasteiger charge is -2.27. The highest BCUT2D eigenvalue weighted by Gasteiger charge is 2.32. The first-order chi connectivity index (χ1) is 7.44. The van der Waals surface area contributed by atoms with Gasteiger partial charge in [-0.2, -0.15) is 0 Å². The lowest BCUT2D eigenvalue weighted by Crippen LogP contribution is -2.39. The van der Waals surface area contributed by atoms with Gasteiger partial charge in [-0.05, 0) is 19.4 Å². The molecule has 1 rings (SSSR count). The summed E-state index contributed by atoms with van der Waals surface area (Å²) in [6, 6.07) is 9.13. The molecule has 1 aromatic carbocycles. The fourth-order valence-electron chi connectivity index (χ4n) is 1.35. The first-order valence-corrected chi connectivity index (χ1v) is 5.78. The van der Waals surface area contributed by atoms with E-state index in [4.69, 9.17) is 0 Å². The maximum atomic E-state index is 11.4. The number of carbonyl (C=O) groups excluding carboxylic acids is 1. The van der Waals surface area contributed by atoms with Crippen molar-refractivity contribution in [1.29, 1.82) is 0 Å².